The van der Waals surface area contributed by atoms with E-state index in [1.165, 1.54) is 6.42 Å². The van der Waals surface area contributed by atoms with E-state index in [0.717, 1.165) is 37.8 Å². The van der Waals surface area contributed by atoms with Crippen molar-refractivity contribution in [3.8, 4) is 5.75 Å². The Hall–Kier alpha value is -1.82. The molecule has 0 aromatic carbocycles. The molecule has 2 rings (SSSR count). The summed E-state index contributed by atoms with van der Waals surface area (Å²) >= 11 is 0. The number of nitrogens with one attached hydrogen (secondary N) is 2. The first kappa shape index (κ1) is 20.5. The first-order valence-corrected chi connectivity index (χ1v) is 9.67. The van der Waals surface area contributed by atoms with Crippen molar-refractivity contribution in [2.24, 2.45) is 16.3 Å². The summed E-state index contributed by atoms with van der Waals surface area (Å²) in [5, 5.41) is 6.64. The van der Waals surface area contributed by atoms with E-state index in [9.17, 15) is 0 Å². The average molecular weight is 363 g/mol. The predicted molar refractivity (Wildman–Crippen MR) is 106 cm³/mol. The Kier molecular flexibility index (Phi) is 8.16. The molecule has 1 aromatic rings. The summed E-state index contributed by atoms with van der Waals surface area (Å²) < 4.78 is 11.7. The molecule has 0 radical (unpaired) electrons. The molecule has 1 fully saturated rings. The molecule has 1 aliphatic heterocycles. The lowest BCUT2D eigenvalue weighted by atomic mass is 9.78. The van der Waals surface area contributed by atoms with E-state index in [4.69, 9.17) is 14.5 Å². The Balaban J connectivity index is 1.83. The van der Waals surface area contributed by atoms with Gasteiger partial charge in [0, 0.05) is 31.8 Å². The van der Waals surface area contributed by atoms with Crippen LogP contribution in [0, 0.1) is 11.3 Å². The number of rotatable bonds is 7. The van der Waals surface area contributed by atoms with Gasteiger partial charge in [-0.25, -0.2) is 0 Å². The van der Waals surface area contributed by atoms with Crippen molar-refractivity contribution in [2.45, 2.75) is 46.6 Å². The van der Waals surface area contributed by atoms with Crippen LogP contribution in [0.5, 0.6) is 5.75 Å². The number of pyridine rings is 1. The van der Waals surface area contributed by atoms with Crippen LogP contribution in [0.3, 0.4) is 0 Å². The molecule has 0 spiro atoms. The topological polar surface area (TPSA) is 67.8 Å². The molecule has 1 aliphatic rings. The van der Waals surface area contributed by atoms with Gasteiger partial charge in [-0.2, -0.15) is 0 Å². The fourth-order valence-electron chi connectivity index (χ4n) is 3.31. The normalized spacial score (nSPS) is 21.3. The Morgan fingerprint density at radius 3 is 2.92 bits per heavy atom. The van der Waals surface area contributed by atoms with Crippen molar-refractivity contribution >= 4 is 5.96 Å². The van der Waals surface area contributed by atoms with Crippen LogP contribution in [-0.2, 0) is 4.74 Å². The van der Waals surface area contributed by atoms with E-state index in [-0.39, 0.29) is 11.5 Å². The second-order valence-corrected chi connectivity index (χ2v) is 7.74. The third-order valence-electron chi connectivity index (χ3n) is 4.42. The number of aliphatic imine (C=N–C) groups is 1. The maximum atomic E-state index is 6.06. The molecule has 0 bridgehead atoms. The fraction of sp³-hybridized carbons (Fsp3) is 0.700. The summed E-state index contributed by atoms with van der Waals surface area (Å²) in [5.74, 6) is 2.08. The Bertz CT molecular complexity index is 542. The van der Waals surface area contributed by atoms with Gasteiger partial charge in [-0.15, -0.1) is 0 Å². The van der Waals surface area contributed by atoms with Crippen LogP contribution >= 0.6 is 0 Å². The lowest BCUT2D eigenvalue weighted by molar-refractivity contribution is -0.0823. The molecule has 6 heteroatoms. The molecular weight excluding hydrogens is 328 g/mol. The lowest BCUT2D eigenvalue weighted by Gasteiger charge is -2.39. The van der Waals surface area contributed by atoms with E-state index in [0.29, 0.717) is 19.1 Å². The van der Waals surface area contributed by atoms with Gasteiger partial charge in [-0.05, 0) is 37.3 Å². The van der Waals surface area contributed by atoms with Crippen LogP contribution in [0.25, 0.3) is 0 Å². The second kappa shape index (κ2) is 10.4. The van der Waals surface area contributed by atoms with Crippen molar-refractivity contribution in [1.29, 1.82) is 0 Å². The quantitative estimate of drug-likeness (QED) is 0.443. The second-order valence-electron chi connectivity index (χ2n) is 7.74. The monoisotopic (exact) mass is 362 g/mol. The van der Waals surface area contributed by atoms with Crippen LogP contribution in [0.15, 0.2) is 29.5 Å². The van der Waals surface area contributed by atoms with Crippen LogP contribution in [0.4, 0.5) is 0 Å². The maximum absolute atomic E-state index is 6.06. The Labute approximate surface area is 157 Å². The number of ether oxygens (including phenoxy) is 2. The average Bonchev–Trinajstić information content (AvgIpc) is 2.63. The SMILES string of the molecule is CCNC(=NCC1CCCOC1C(C)(C)C)NCCOc1cccnc1. The highest BCUT2D eigenvalue weighted by molar-refractivity contribution is 5.79. The van der Waals surface area contributed by atoms with Gasteiger partial charge in [-0.3, -0.25) is 9.98 Å². The van der Waals surface area contributed by atoms with Crippen molar-refractivity contribution in [3.05, 3.63) is 24.5 Å². The molecule has 2 heterocycles. The lowest BCUT2D eigenvalue weighted by Crippen LogP contribution is -2.43. The molecule has 6 nitrogen and oxygen atoms in total. The molecule has 146 valence electrons. The summed E-state index contributed by atoms with van der Waals surface area (Å²) in [6.07, 6.45) is 6.01. The van der Waals surface area contributed by atoms with E-state index < -0.39 is 0 Å². The molecule has 2 unspecified atom stereocenters. The molecule has 0 aliphatic carbocycles. The number of hydrogen-bond donors (Lipinski definition) is 2. The predicted octanol–water partition coefficient (Wildman–Crippen LogP) is 2.86. The zero-order chi connectivity index (χ0) is 18.8. The number of aromatic nitrogens is 1. The molecule has 1 saturated heterocycles. The van der Waals surface area contributed by atoms with E-state index >= 15 is 0 Å². The fourth-order valence-corrected chi connectivity index (χ4v) is 3.31. The molecule has 2 atom stereocenters. The zero-order valence-corrected chi connectivity index (χ0v) is 16.6. The smallest absolute Gasteiger partial charge is 0.191 e. The standard InChI is InChI=1S/C20H34N4O2/c1-5-22-19(23-11-13-25-17-9-6-10-21-15-17)24-14-16-8-7-12-26-18(16)20(2,3)4/h6,9-10,15-16,18H,5,7-8,11-14H2,1-4H3,(H2,22,23,24). The van der Waals surface area contributed by atoms with Crippen LogP contribution < -0.4 is 15.4 Å². The zero-order valence-electron chi connectivity index (χ0n) is 16.6. The molecule has 1 aromatic heterocycles. The highest BCUT2D eigenvalue weighted by Gasteiger charge is 2.35. The van der Waals surface area contributed by atoms with Gasteiger partial charge in [-0.1, -0.05) is 20.8 Å². The van der Waals surface area contributed by atoms with Crippen LogP contribution in [0.2, 0.25) is 0 Å². The van der Waals surface area contributed by atoms with Crippen molar-refractivity contribution in [2.75, 3.05) is 32.8 Å². The number of hydrogen-bond acceptors (Lipinski definition) is 4. The van der Waals surface area contributed by atoms with E-state index in [1.807, 2.05) is 12.1 Å². The van der Waals surface area contributed by atoms with Gasteiger partial charge in [0.2, 0.25) is 0 Å². The van der Waals surface area contributed by atoms with Gasteiger partial charge < -0.3 is 20.1 Å². The molecule has 0 saturated carbocycles. The van der Waals surface area contributed by atoms with Crippen LogP contribution in [0.1, 0.15) is 40.5 Å². The number of guanidine groups is 1. The highest BCUT2D eigenvalue weighted by atomic mass is 16.5. The van der Waals surface area contributed by atoms with Crippen molar-refractivity contribution < 1.29 is 9.47 Å². The summed E-state index contributed by atoms with van der Waals surface area (Å²) in [6, 6.07) is 3.77. The third-order valence-corrected chi connectivity index (χ3v) is 4.42. The Morgan fingerprint density at radius 2 is 2.23 bits per heavy atom. The maximum Gasteiger partial charge on any atom is 0.191 e. The molecular formula is C20H34N4O2. The minimum Gasteiger partial charge on any atom is -0.490 e. The first-order chi connectivity index (χ1) is 12.5. The highest BCUT2D eigenvalue weighted by Crippen LogP contribution is 2.34. The minimum atomic E-state index is 0.143. The third kappa shape index (κ3) is 6.83. The van der Waals surface area contributed by atoms with Gasteiger partial charge in [0.25, 0.3) is 0 Å². The molecule has 2 N–H and O–H groups in total. The van der Waals surface area contributed by atoms with Gasteiger partial charge >= 0.3 is 0 Å². The minimum absolute atomic E-state index is 0.143. The first-order valence-electron chi connectivity index (χ1n) is 9.67. The molecule has 0 amide bonds. The van der Waals surface area contributed by atoms with E-state index in [1.54, 1.807) is 12.4 Å². The summed E-state index contributed by atoms with van der Waals surface area (Å²) in [4.78, 5) is 8.83. The van der Waals surface area contributed by atoms with Gasteiger partial charge in [0.05, 0.1) is 18.8 Å². The molecule has 26 heavy (non-hydrogen) atoms. The summed E-state index contributed by atoms with van der Waals surface area (Å²) in [7, 11) is 0. The van der Waals surface area contributed by atoms with Crippen molar-refractivity contribution in [1.82, 2.24) is 15.6 Å². The van der Waals surface area contributed by atoms with Gasteiger partial charge in [0.1, 0.15) is 12.4 Å². The summed E-state index contributed by atoms with van der Waals surface area (Å²) in [6.45, 7) is 12.5. The van der Waals surface area contributed by atoms with Crippen molar-refractivity contribution in [3.63, 3.8) is 0 Å². The number of nitrogens with zero attached hydrogens (tertiary/aromatic N) is 2. The Morgan fingerprint density at radius 1 is 1.38 bits per heavy atom. The largest absolute Gasteiger partial charge is 0.490 e. The summed E-state index contributed by atoms with van der Waals surface area (Å²) in [5.41, 5.74) is 0.143. The van der Waals surface area contributed by atoms with E-state index in [2.05, 4.69) is 43.3 Å². The van der Waals surface area contributed by atoms with Crippen LogP contribution in [-0.4, -0.2) is 49.9 Å². The van der Waals surface area contributed by atoms with Gasteiger partial charge in [0.15, 0.2) is 5.96 Å².